The van der Waals surface area contributed by atoms with Gasteiger partial charge < -0.3 is 19.7 Å². The van der Waals surface area contributed by atoms with Crippen LogP contribution in [0.4, 0.5) is 21.0 Å². The van der Waals surface area contributed by atoms with E-state index in [4.69, 9.17) is 31.3 Å². The van der Waals surface area contributed by atoms with Crippen LogP contribution < -0.4 is 20.1 Å². The molecule has 4 N–H and O–H groups in total. The van der Waals surface area contributed by atoms with Gasteiger partial charge in [-0.15, -0.1) is 0 Å². The fourth-order valence-corrected chi connectivity index (χ4v) is 2.74. The third-order valence-corrected chi connectivity index (χ3v) is 3.99. The first-order valence-corrected chi connectivity index (χ1v) is 8.19. The molecule has 1 aromatic heterocycles. The monoisotopic (exact) mass is 403 g/mol. The van der Waals surface area contributed by atoms with Crippen LogP contribution in [-0.2, 0) is 0 Å². The van der Waals surface area contributed by atoms with E-state index in [-0.39, 0.29) is 16.4 Å². The lowest BCUT2D eigenvalue weighted by atomic mass is 10.1. The van der Waals surface area contributed by atoms with Crippen LogP contribution in [-0.4, -0.2) is 34.5 Å². The molecular formula is C18H14ClN3O6. The van der Waals surface area contributed by atoms with Gasteiger partial charge in [0.1, 0.15) is 17.2 Å². The number of hydrogen-bond acceptors (Lipinski definition) is 5. The largest absolute Gasteiger partial charge is 0.494 e. The Morgan fingerprint density at radius 1 is 1.00 bits per heavy atom. The Kier molecular flexibility index (Phi) is 5.37. The Balaban J connectivity index is 2.00. The Morgan fingerprint density at radius 3 is 2.36 bits per heavy atom. The summed E-state index contributed by atoms with van der Waals surface area (Å²) < 4.78 is 11.0. The maximum absolute atomic E-state index is 11.0. The van der Waals surface area contributed by atoms with E-state index in [9.17, 15) is 9.59 Å². The highest BCUT2D eigenvalue weighted by Crippen LogP contribution is 2.37. The number of fused-ring (bicyclic) bond motifs is 1. The SMILES string of the molecule is COc1cc2nccc(Oc3ccc(NC(=O)O)c(Cl)c3)c2cc1NC(=O)O. The van der Waals surface area contributed by atoms with Crippen LogP contribution in [0.1, 0.15) is 0 Å². The van der Waals surface area contributed by atoms with E-state index < -0.39 is 12.2 Å². The van der Waals surface area contributed by atoms with Gasteiger partial charge in [-0.3, -0.25) is 15.6 Å². The molecular weight excluding hydrogens is 390 g/mol. The molecule has 9 nitrogen and oxygen atoms in total. The molecule has 0 aliphatic carbocycles. The maximum Gasteiger partial charge on any atom is 0.409 e. The van der Waals surface area contributed by atoms with Crippen LogP contribution in [0, 0.1) is 0 Å². The van der Waals surface area contributed by atoms with E-state index in [0.29, 0.717) is 28.2 Å². The lowest BCUT2D eigenvalue weighted by molar-refractivity contribution is 0.208. The van der Waals surface area contributed by atoms with Gasteiger partial charge in [0, 0.05) is 23.7 Å². The summed E-state index contributed by atoms with van der Waals surface area (Å²) in [6.07, 6.45) is -0.941. The Labute approximate surface area is 163 Å². The summed E-state index contributed by atoms with van der Waals surface area (Å²) in [6.45, 7) is 0. The van der Waals surface area contributed by atoms with Crippen molar-refractivity contribution in [3.63, 3.8) is 0 Å². The molecule has 0 aliphatic rings. The molecule has 0 aliphatic heterocycles. The van der Waals surface area contributed by atoms with Crippen molar-refractivity contribution in [3.05, 3.63) is 47.6 Å². The standard InChI is InChI=1S/C18H14ClN3O6/c1-27-16-8-13-10(7-14(16)22-18(25)26)15(4-5-20-13)28-9-2-3-12(11(19)6-9)21-17(23)24/h2-8,21-22H,1H3,(H,23,24)(H,25,26). The number of nitrogens with one attached hydrogen (secondary N) is 2. The lowest BCUT2D eigenvalue weighted by Crippen LogP contribution is -2.08. The molecule has 3 aromatic rings. The van der Waals surface area contributed by atoms with Crippen LogP contribution in [0.3, 0.4) is 0 Å². The number of aromatic nitrogens is 1. The number of carbonyl (C=O) groups is 2. The van der Waals surface area contributed by atoms with Crippen molar-refractivity contribution >= 4 is 46.1 Å². The first-order chi connectivity index (χ1) is 13.4. The molecule has 1 heterocycles. The normalized spacial score (nSPS) is 10.4. The van der Waals surface area contributed by atoms with Crippen LogP contribution in [0.5, 0.6) is 17.2 Å². The topological polar surface area (TPSA) is 130 Å². The fraction of sp³-hybridized carbons (Fsp3) is 0.0556. The van der Waals surface area contributed by atoms with Crippen molar-refractivity contribution < 1.29 is 29.3 Å². The zero-order chi connectivity index (χ0) is 20.3. The molecule has 0 radical (unpaired) electrons. The smallest absolute Gasteiger partial charge is 0.409 e. The predicted molar refractivity (Wildman–Crippen MR) is 103 cm³/mol. The van der Waals surface area contributed by atoms with Gasteiger partial charge in [-0.2, -0.15) is 0 Å². The Bertz CT molecular complexity index is 1070. The number of rotatable bonds is 5. The number of benzene rings is 2. The Morgan fingerprint density at radius 2 is 1.71 bits per heavy atom. The van der Waals surface area contributed by atoms with Crippen LogP contribution >= 0.6 is 11.6 Å². The van der Waals surface area contributed by atoms with Crippen LogP contribution in [0.15, 0.2) is 42.6 Å². The van der Waals surface area contributed by atoms with Gasteiger partial charge in [0.2, 0.25) is 0 Å². The first kappa shape index (κ1) is 19.1. The number of pyridine rings is 1. The first-order valence-electron chi connectivity index (χ1n) is 7.81. The molecule has 28 heavy (non-hydrogen) atoms. The second-order valence-corrected chi connectivity index (χ2v) is 5.89. The number of anilines is 2. The summed E-state index contributed by atoms with van der Waals surface area (Å²) >= 11 is 6.07. The summed E-state index contributed by atoms with van der Waals surface area (Å²) in [5.41, 5.74) is 0.985. The average molecular weight is 404 g/mol. The number of ether oxygens (including phenoxy) is 2. The van der Waals surface area contributed by atoms with Crippen molar-refractivity contribution in [2.45, 2.75) is 0 Å². The molecule has 0 bridgehead atoms. The average Bonchev–Trinajstić information content (AvgIpc) is 2.63. The molecule has 3 rings (SSSR count). The van der Waals surface area contributed by atoms with Crippen molar-refractivity contribution in [1.82, 2.24) is 4.98 Å². The number of amides is 2. The fourth-order valence-electron chi connectivity index (χ4n) is 2.52. The van der Waals surface area contributed by atoms with Gasteiger partial charge in [-0.1, -0.05) is 11.6 Å². The molecule has 144 valence electrons. The molecule has 0 spiro atoms. The molecule has 0 fully saturated rings. The number of carboxylic acid groups (broad SMARTS) is 2. The van der Waals surface area contributed by atoms with E-state index in [0.717, 1.165) is 0 Å². The molecule has 2 amide bonds. The van der Waals surface area contributed by atoms with Crippen molar-refractivity contribution in [1.29, 1.82) is 0 Å². The second kappa shape index (κ2) is 7.89. The third kappa shape index (κ3) is 4.15. The minimum absolute atomic E-state index is 0.160. The minimum Gasteiger partial charge on any atom is -0.494 e. The van der Waals surface area contributed by atoms with Crippen LogP contribution in [0.25, 0.3) is 10.9 Å². The number of nitrogens with zero attached hydrogens (tertiary/aromatic N) is 1. The van der Waals surface area contributed by atoms with Gasteiger partial charge >= 0.3 is 12.2 Å². The molecule has 2 aromatic carbocycles. The summed E-state index contributed by atoms with van der Waals surface area (Å²) in [5, 5.41) is 22.9. The van der Waals surface area contributed by atoms with E-state index in [1.54, 1.807) is 24.3 Å². The van der Waals surface area contributed by atoms with Gasteiger partial charge in [-0.25, -0.2) is 9.59 Å². The highest BCUT2D eigenvalue weighted by atomic mass is 35.5. The van der Waals surface area contributed by atoms with Gasteiger partial charge in [-0.05, 0) is 24.3 Å². The molecule has 0 saturated heterocycles. The lowest BCUT2D eigenvalue weighted by Gasteiger charge is -2.13. The third-order valence-electron chi connectivity index (χ3n) is 3.67. The van der Waals surface area contributed by atoms with Crippen molar-refractivity contribution in [2.75, 3.05) is 17.7 Å². The zero-order valence-corrected chi connectivity index (χ0v) is 15.1. The maximum atomic E-state index is 11.0. The quantitative estimate of drug-likeness (QED) is 0.478. The molecule has 0 unspecified atom stereocenters. The molecule has 0 atom stereocenters. The number of methoxy groups -OCH3 is 1. The second-order valence-electron chi connectivity index (χ2n) is 5.48. The van der Waals surface area contributed by atoms with Gasteiger partial charge in [0.25, 0.3) is 0 Å². The van der Waals surface area contributed by atoms with E-state index in [2.05, 4.69) is 15.6 Å². The molecule has 10 heteroatoms. The van der Waals surface area contributed by atoms with Gasteiger partial charge in [0.15, 0.2) is 0 Å². The number of halogens is 1. The summed E-state index contributed by atoms with van der Waals surface area (Å²) in [4.78, 5) is 26.0. The van der Waals surface area contributed by atoms with E-state index in [1.807, 2.05) is 0 Å². The summed E-state index contributed by atoms with van der Waals surface area (Å²) in [7, 11) is 1.42. The van der Waals surface area contributed by atoms with Crippen molar-refractivity contribution in [2.24, 2.45) is 0 Å². The van der Waals surface area contributed by atoms with Gasteiger partial charge in [0.05, 0.1) is 29.0 Å². The highest BCUT2D eigenvalue weighted by molar-refractivity contribution is 6.33. The summed E-state index contributed by atoms with van der Waals surface area (Å²) in [5.74, 6) is 1.07. The van der Waals surface area contributed by atoms with E-state index >= 15 is 0 Å². The van der Waals surface area contributed by atoms with Crippen molar-refractivity contribution in [3.8, 4) is 17.2 Å². The summed E-state index contributed by atoms with van der Waals surface area (Å²) in [6, 6.07) is 9.21. The minimum atomic E-state index is -1.24. The highest BCUT2D eigenvalue weighted by Gasteiger charge is 2.13. The molecule has 0 saturated carbocycles. The number of hydrogen-bond donors (Lipinski definition) is 4. The van der Waals surface area contributed by atoms with E-state index in [1.165, 1.54) is 25.4 Å². The Hall–Kier alpha value is -3.72. The zero-order valence-electron chi connectivity index (χ0n) is 14.4. The predicted octanol–water partition coefficient (Wildman–Crippen LogP) is 4.87. The van der Waals surface area contributed by atoms with Crippen LogP contribution in [0.2, 0.25) is 5.02 Å².